The molecule has 2 aromatic carbocycles. The number of nitrogens with zero attached hydrogens (tertiary/aromatic N) is 4. The summed E-state index contributed by atoms with van der Waals surface area (Å²) in [6.07, 6.45) is 0. The van der Waals surface area contributed by atoms with E-state index in [1.54, 1.807) is 23.6 Å². The summed E-state index contributed by atoms with van der Waals surface area (Å²) in [7, 11) is 1.65. The molecule has 0 aliphatic rings. The molecule has 0 unspecified atom stereocenters. The molecule has 0 amide bonds. The lowest BCUT2D eigenvalue weighted by atomic mass is 10.2. The number of thioether (sulfide) groups is 1. The molecule has 0 saturated heterocycles. The van der Waals surface area contributed by atoms with Crippen molar-refractivity contribution in [1.29, 1.82) is 0 Å². The monoisotopic (exact) mass is 312 g/mol. The molecule has 6 heteroatoms. The van der Waals surface area contributed by atoms with E-state index in [0.29, 0.717) is 0 Å². The lowest BCUT2D eigenvalue weighted by Gasteiger charge is -2.11. The highest BCUT2D eigenvalue weighted by atomic mass is 32.2. The third-order valence-electron chi connectivity index (χ3n) is 3.31. The fourth-order valence-corrected chi connectivity index (χ4v) is 3.02. The summed E-state index contributed by atoms with van der Waals surface area (Å²) in [6.45, 7) is 2.15. The van der Waals surface area contributed by atoms with Crippen LogP contribution in [0.5, 0.6) is 5.75 Å². The summed E-state index contributed by atoms with van der Waals surface area (Å²) in [4.78, 5) is 0. The Kier molecular flexibility index (Phi) is 4.39. The van der Waals surface area contributed by atoms with E-state index in [1.807, 2.05) is 42.5 Å². The van der Waals surface area contributed by atoms with Crippen molar-refractivity contribution in [2.75, 3.05) is 7.11 Å². The number of tetrazole rings is 1. The Balaban J connectivity index is 1.82. The second kappa shape index (κ2) is 6.62. The van der Waals surface area contributed by atoms with Crippen LogP contribution in [-0.2, 0) is 0 Å². The van der Waals surface area contributed by atoms with Crippen LogP contribution in [0, 0.1) is 0 Å². The number of hydrogen-bond acceptors (Lipinski definition) is 5. The van der Waals surface area contributed by atoms with Crippen molar-refractivity contribution >= 4 is 11.8 Å². The molecule has 1 heterocycles. The molecule has 112 valence electrons. The lowest BCUT2D eigenvalue weighted by molar-refractivity contribution is 0.414. The van der Waals surface area contributed by atoms with Gasteiger partial charge < -0.3 is 4.74 Å². The number of benzene rings is 2. The Labute approximate surface area is 133 Å². The Morgan fingerprint density at radius 2 is 1.77 bits per heavy atom. The second-order valence-electron chi connectivity index (χ2n) is 4.74. The van der Waals surface area contributed by atoms with Crippen molar-refractivity contribution in [3.05, 3.63) is 60.2 Å². The smallest absolute Gasteiger partial charge is 0.214 e. The van der Waals surface area contributed by atoms with Crippen molar-refractivity contribution in [2.45, 2.75) is 17.3 Å². The zero-order valence-corrected chi connectivity index (χ0v) is 13.2. The van der Waals surface area contributed by atoms with Crippen LogP contribution in [0.3, 0.4) is 0 Å². The molecule has 3 rings (SSSR count). The van der Waals surface area contributed by atoms with E-state index in [4.69, 9.17) is 4.74 Å². The minimum absolute atomic E-state index is 0.268. The van der Waals surface area contributed by atoms with Gasteiger partial charge in [-0.1, -0.05) is 42.1 Å². The van der Waals surface area contributed by atoms with Crippen molar-refractivity contribution in [3.63, 3.8) is 0 Å². The molecule has 0 bridgehead atoms. The lowest BCUT2D eigenvalue weighted by Crippen LogP contribution is -2.00. The first-order chi connectivity index (χ1) is 10.8. The van der Waals surface area contributed by atoms with Crippen molar-refractivity contribution < 1.29 is 4.74 Å². The van der Waals surface area contributed by atoms with E-state index in [1.165, 1.54) is 5.56 Å². The molecule has 0 aliphatic heterocycles. The fourth-order valence-electron chi connectivity index (χ4n) is 2.09. The van der Waals surface area contributed by atoms with Crippen LogP contribution >= 0.6 is 11.8 Å². The maximum Gasteiger partial charge on any atom is 0.214 e. The standard InChI is InChI=1S/C16H16N4OS/c1-12(13-6-4-3-5-7-13)22-16-17-18-19-20(16)14-8-10-15(21-2)11-9-14/h3-12H,1-2H3/t12-/m0/s1. The van der Waals surface area contributed by atoms with Crippen LogP contribution in [0.15, 0.2) is 59.8 Å². The Bertz CT molecular complexity index is 727. The fraction of sp³-hybridized carbons (Fsp3) is 0.188. The molecule has 1 aromatic heterocycles. The number of rotatable bonds is 5. The third-order valence-corrected chi connectivity index (χ3v) is 4.40. The third kappa shape index (κ3) is 3.12. The van der Waals surface area contributed by atoms with Crippen molar-refractivity contribution in [3.8, 4) is 11.4 Å². The van der Waals surface area contributed by atoms with Gasteiger partial charge in [-0.2, -0.15) is 4.68 Å². The summed E-state index contributed by atoms with van der Waals surface area (Å²) in [5.41, 5.74) is 2.16. The van der Waals surface area contributed by atoms with Gasteiger partial charge in [0.15, 0.2) is 0 Å². The summed E-state index contributed by atoms with van der Waals surface area (Å²) >= 11 is 1.63. The average Bonchev–Trinajstić information content (AvgIpc) is 3.04. The number of methoxy groups -OCH3 is 1. The zero-order valence-electron chi connectivity index (χ0n) is 12.4. The van der Waals surface area contributed by atoms with Crippen LogP contribution in [0.1, 0.15) is 17.7 Å². The summed E-state index contributed by atoms with van der Waals surface area (Å²) < 4.78 is 6.91. The van der Waals surface area contributed by atoms with E-state index in [0.717, 1.165) is 16.6 Å². The topological polar surface area (TPSA) is 52.8 Å². The molecule has 0 saturated carbocycles. The largest absolute Gasteiger partial charge is 0.497 e. The summed E-state index contributed by atoms with van der Waals surface area (Å²) in [5.74, 6) is 0.809. The van der Waals surface area contributed by atoms with Gasteiger partial charge >= 0.3 is 0 Å². The van der Waals surface area contributed by atoms with Gasteiger partial charge in [0, 0.05) is 5.25 Å². The number of ether oxygens (including phenoxy) is 1. The Hall–Kier alpha value is -2.34. The van der Waals surface area contributed by atoms with Gasteiger partial charge in [-0.05, 0) is 47.2 Å². The highest BCUT2D eigenvalue weighted by Crippen LogP contribution is 2.33. The molecule has 0 spiro atoms. The van der Waals surface area contributed by atoms with E-state index in [-0.39, 0.29) is 5.25 Å². The highest BCUT2D eigenvalue weighted by molar-refractivity contribution is 7.99. The predicted octanol–water partition coefficient (Wildman–Crippen LogP) is 3.52. The van der Waals surface area contributed by atoms with E-state index in [9.17, 15) is 0 Å². The molecule has 0 radical (unpaired) electrons. The van der Waals surface area contributed by atoms with Crippen LogP contribution in [0.4, 0.5) is 0 Å². The second-order valence-corrected chi connectivity index (χ2v) is 6.05. The zero-order chi connectivity index (χ0) is 15.4. The van der Waals surface area contributed by atoms with Gasteiger partial charge in [0.25, 0.3) is 0 Å². The minimum Gasteiger partial charge on any atom is -0.497 e. The average molecular weight is 312 g/mol. The van der Waals surface area contributed by atoms with Crippen LogP contribution in [0.2, 0.25) is 0 Å². The van der Waals surface area contributed by atoms with Crippen LogP contribution < -0.4 is 4.74 Å². The number of aromatic nitrogens is 4. The quantitative estimate of drug-likeness (QED) is 0.675. The molecular weight excluding hydrogens is 296 g/mol. The van der Waals surface area contributed by atoms with Gasteiger partial charge in [0.2, 0.25) is 5.16 Å². The Morgan fingerprint density at radius 3 is 2.45 bits per heavy atom. The van der Waals surface area contributed by atoms with Gasteiger partial charge in [-0.25, -0.2) is 0 Å². The summed E-state index contributed by atoms with van der Waals surface area (Å²) in [6, 6.07) is 18.0. The normalized spacial score (nSPS) is 12.1. The number of hydrogen-bond donors (Lipinski definition) is 0. The van der Waals surface area contributed by atoms with Crippen molar-refractivity contribution in [2.24, 2.45) is 0 Å². The first kappa shape index (κ1) is 14.6. The van der Waals surface area contributed by atoms with Crippen LogP contribution in [-0.4, -0.2) is 27.3 Å². The van der Waals surface area contributed by atoms with E-state index >= 15 is 0 Å². The highest BCUT2D eigenvalue weighted by Gasteiger charge is 2.14. The first-order valence-corrected chi connectivity index (χ1v) is 7.80. The van der Waals surface area contributed by atoms with Gasteiger partial charge in [-0.3, -0.25) is 0 Å². The van der Waals surface area contributed by atoms with E-state index < -0.39 is 0 Å². The molecular formula is C16H16N4OS. The first-order valence-electron chi connectivity index (χ1n) is 6.92. The molecule has 3 aromatic rings. The molecule has 22 heavy (non-hydrogen) atoms. The molecule has 0 aliphatic carbocycles. The molecule has 1 atom stereocenters. The van der Waals surface area contributed by atoms with Gasteiger partial charge in [-0.15, -0.1) is 5.10 Å². The summed E-state index contributed by atoms with van der Waals surface area (Å²) in [5, 5.41) is 13.0. The minimum atomic E-state index is 0.268. The Morgan fingerprint density at radius 1 is 1.05 bits per heavy atom. The van der Waals surface area contributed by atoms with E-state index in [2.05, 4.69) is 34.6 Å². The molecule has 5 nitrogen and oxygen atoms in total. The maximum absolute atomic E-state index is 5.17. The SMILES string of the molecule is COc1ccc(-n2nnnc2S[C@@H](C)c2ccccc2)cc1. The molecule has 0 N–H and O–H groups in total. The van der Waals surface area contributed by atoms with Gasteiger partial charge in [0.05, 0.1) is 12.8 Å². The van der Waals surface area contributed by atoms with Crippen LogP contribution in [0.25, 0.3) is 5.69 Å². The predicted molar refractivity (Wildman–Crippen MR) is 86.4 cm³/mol. The maximum atomic E-state index is 5.17. The van der Waals surface area contributed by atoms with Gasteiger partial charge in [0.1, 0.15) is 5.75 Å². The molecule has 0 fully saturated rings. The van der Waals surface area contributed by atoms with Crippen molar-refractivity contribution in [1.82, 2.24) is 20.2 Å².